The Morgan fingerprint density at radius 1 is 0.794 bits per heavy atom. The zero-order valence-corrected chi connectivity index (χ0v) is 19.5. The van der Waals surface area contributed by atoms with Crippen molar-refractivity contribution in [1.82, 2.24) is 0 Å². The number of amides is 1. The molecule has 0 fully saturated rings. The minimum atomic E-state index is -3.75. The zero-order valence-electron chi connectivity index (χ0n) is 18.7. The number of hydrogen-bond donors (Lipinski definition) is 2. The van der Waals surface area contributed by atoms with Crippen molar-refractivity contribution >= 4 is 33.0 Å². The number of sulfonamides is 1. The van der Waals surface area contributed by atoms with Gasteiger partial charge in [0.2, 0.25) is 5.91 Å². The molecule has 1 amide bonds. The molecule has 0 unspecified atom stereocenters. The summed E-state index contributed by atoms with van der Waals surface area (Å²) in [4.78, 5) is 12.8. The molecular formula is C27H25N3O3S. The molecule has 172 valence electrons. The lowest BCUT2D eigenvalue weighted by atomic mass is 10.0. The lowest BCUT2D eigenvalue weighted by Gasteiger charge is -2.20. The van der Waals surface area contributed by atoms with Crippen molar-refractivity contribution in [3.63, 3.8) is 0 Å². The van der Waals surface area contributed by atoms with Crippen molar-refractivity contribution in [3.05, 3.63) is 109 Å². The highest BCUT2D eigenvalue weighted by molar-refractivity contribution is 7.92. The Labute approximate surface area is 199 Å². The van der Waals surface area contributed by atoms with Gasteiger partial charge in [-0.15, -0.1) is 0 Å². The highest BCUT2D eigenvalue weighted by Gasteiger charge is 2.21. The lowest BCUT2D eigenvalue weighted by Crippen LogP contribution is -2.26. The summed E-state index contributed by atoms with van der Waals surface area (Å²) in [6.07, 6.45) is 0. The van der Waals surface area contributed by atoms with Gasteiger partial charge in [-0.3, -0.25) is 9.10 Å². The van der Waals surface area contributed by atoms with Gasteiger partial charge in [0, 0.05) is 24.0 Å². The van der Waals surface area contributed by atoms with Crippen LogP contribution in [-0.2, 0) is 14.8 Å². The standard InChI is InChI=1S/C27H25N3O3S/c1-30(23-14-6-3-7-15-23)34(32,33)24-16-10-13-22(19-24)28-20-27(31)29-26-18-9-8-17-25(26)21-11-4-2-5-12-21/h2-19,28H,20H2,1H3,(H,29,31). The Morgan fingerprint density at radius 2 is 1.44 bits per heavy atom. The highest BCUT2D eigenvalue weighted by atomic mass is 32.2. The van der Waals surface area contributed by atoms with Crippen LogP contribution in [-0.4, -0.2) is 27.9 Å². The molecule has 7 heteroatoms. The quantitative estimate of drug-likeness (QED) is 0.369. The first-order chi connectivity index (χ1) is 16.4. The van der Waals surface area contributed by atoms with Gasteiger partial charge in [0.25, 0.3) is 10.0 Å². The van der Waals surface area contributed by atoms with Crippen LogP contribution in [0.3, 0.4) is 0 Å². The number of rotatable bonds is 8. The highest BCUT2D eigenvalue weighted by Crippen LogP contribution is 2.27. The van der Waals surface area contributed by atoms with Crippen LogP contribution >= 0.6 is 0 Å². The van der Waals surface area contributed by atoms with Gasteiger partial charge in [-0.1, -0.05) is 72.8 Å². The van der Waals surface area contributed by atoms with Gasteiger partial charge >= 0.3 is 0 Å². The van der Waals surface area contributed by atoms with Crippen LogP contribution in [0, 0.1) is 0 Å². The number of carbonyl (C=O) groups is 1. The topological polar surface area (TPSA) is 78.5 Å². The molecule has 4 aromatic carbocycles. The first-order valence-electron chi connectivity index (χ1n) is 10.8. The number of carbonyl (C=O) groups excluding carboxylic acids is 1. The third-order valence-electron chi connectivity index (χ3n) is 5.35. The van der Waals surface area contributed by atoms with Crippen LogP contribution in [0.2, 0.25) is 0 Å². The molecule has 0 saturated heterocycles. The van der Waals surface area contributed by atoms with E-state index < -0.39 is 10.0 Å². The second-order valence-corrected chi connectivity index (χ2v) is 9.62. The normalized spacial score (nSPS) is 11.0. The number of nitrogens with one attached hydrogen (secondary N) is 2. The first-order valence-corrected chi connectivity index (χ1v) is 12.2. The summed E-state index contributed by atoms with van der Waals surface area (Å²) in [5.74, 6) is -0.238. The number of para-hydroxylation sites is 2. The predicted octanol–water partition coefficient (Wildman–Crippen LogP) is 5.23. The molecule has 6 nitrogen and oxygen atoms in total. The molecule has 4 rings (SSSR count). The number of hydrogen-bond acceptors (Lipinski definition) is 4. The molecular weight excluding hydrogens is 446 g/mol. The Hall–Kier alpha value is -4.10. The van der Waals surface area contributed by atoms with Gasteiger partial charge in [-0.25, -0.2) is 8.42 Å². The fraction of sp³-hybridized carbons (Fsp3) is 0.0741. The lowest BCUT2D eigenvalue weighted by molar-refractivity contribution is -0.114. The summed E-state index contributed by atoms with van der Waals surface area (Å²) < 4.78 is 27.3. The fourth-order valence-corrected chi connectivity index (χ4v) is 4.78. The summed E-state index contributed by atoms with van der Waals surface area (Å²) in [5, 5.41) is 5.96. The molecule has 4 aromatic rings. The SMILES string of the molecule is CN(c1ccccc1)S(=O)(=O)c1cccc(NCC(=O)Nc2ccccc2-c2ccccc2)c1. The Morgan fingerprint density at radius 3 is 2.18 bits per heavy atom. The molecule has 0 aliphatic rings. The second kappa shape index (κ2) is 10.2. The fourth-order valence-electron chi connectivity index (χ4n) is 3.54. The summed E-state index contributed by atoms with van der Waals surface area (Å²) in [7, 11) is -2.23. The molecule has 2 N–H and O–H groups in total. The van der Waals surface area contributed by atoms with E-state index in [1.807, 2.05) is 60.7 Å². The smallest absolute Gasteiger partial charge is 0.264 e. The van der Waals surface area contributed by atoms with Gasteiger partial charge < -0.3 is 10.6 Å². The average Bonchev–Trinajstić information content (AvgIpc) is 2.88. The van der Waals surface area contributed by atoms with Crippen LogP contribution in [0.5, 0.6) is 0 Å². The van der Waals surface area contributed by atoms with Crippen LogP contribution in [0.15, 0.2) is 114 Å². The number of nitrogens with zero attached hydrogens (tertiary/aromatic N) is 1. The third kappa shape index (κ3) is 5.27. The minimum absolute atomic E-state index is 0.0127. The molecule has 0 atom stereocenters. The van der Waals surface area contributed by atoms with E-state index >= 15 is 0 Å². The van der Waals surface area contributed by atoms with E-state index in [-0.39, 0.29) is 17.3 Å². The van der Waals surface area contributed by atoms with Crippen molar-refractivity contribution in [1.29, 1.82) is 0 Å². The van der Waals surface area contributed by atoms with Crippen molar-refractivity contribution in [2.45, 2.75) is 4.90 Å². The Kier molecular flexibility index (Phi) is 6.94. The predicted molar refractivity (Wildman–Crippen MR) is 137 cm³/mol. The molecule has 0 radical (unpaired) electrons. The van der Waals surface area contributed by atoms with Crippen molar-refractivity contribution in [2.24, 2.45) is 0 Å². The van der Waals surface area contributed by atoms with Gasteiger partial charge in [0.1, 0.15) is 0 Å². The van der Waals surface area contributed by atoms with E-state index in [4.69, 9.17) is 0 Å². The van der Waals surface area contributed by atoms with E-state index in [9.17, 15) is 13.2 Å². The third-order valence-corrected chi connectivity index (χ3v) is 7.13. The molecule has 0 spiro atoms. The van der Waals surface area contributed by atoms with Crippen LogP contribution in [0.4, 0.5) is 17.1 Å². The van der Waals surface area contributed by atoms with E-state index in [0.717, 1.165) is 11.1 Å². The summed E-state index contributed by atoms with van der Waals surface area (Å²) in [5.41, 5.74) is 3.74. The van der Waals surface area contributed by atoms with Crippen LogP contribution in [0.1, 0.15) is 0 Å². The zero-order chi connectivity index (χ0) is 24.0. The molecule has 0 aromatic heterocycles. The summed E-state index contributed by atoms with van der Waals surface area (Å²) >= 11 is 0. The number of anilines is 3. The monoisotopic (exact) mass is 471 g/mol. The van der Waals surface area contributed by atoms with E-state index in [0.29, 0.717) is 17.1 Å². The van der Waals surface area contributed by atoms with Crippen molar-refractivity contribution < 1.29 is 13.2 Å². The van der Waals surface area contributed by atoms with E-state index in [2.05, 4.69) is 10.6 Å². The van der Waals surface area contributed by atoms with E-state index in [1.54, 1.807) is 36.4 Å². The van der Waals surface area contributed by atoms with Gasteiger partial charge in [-0.2, -0.15) is 0 Å². The van der Waals surface area contributed by atoms with Crippen molar-refractivity contribution in [3.8, 4) is 11.1 Å². The largest absolute Gasteiger partial charge is 0.376 e. The summed E-state index contributed by atoms with van der Waals surface area (Å²) in [6, 6.07) is 32.7. The minimum Gasteiger partial charge on any atom is -0.376 e. The maximum Gasteiger partial charge on any atom is 0.264 e. The molecule has 34 heavy (non-hydrogen) atoms. The maximum absolute atomic E-state index is 13.1. The van der Waals surface area contributed by atoms with E-state index in [1.165, 1.54) is 23.5 Å². The van der Waals surface area contributed by atoms with Crippen LogP contribution < -0.4 is 14.9 Å². The average molecular weight is 472 g/mol. The first kappa shape index (κ1) is 23.1. The molecule has 0 aliphatic carbocycles. The Balaban J connectivity index is 1.45. The van der Waals surface area contributed by atoms with Crippen LogP contribution in [0.25, 0.3) is 11.1 Å². The van der Waals surface area contributed by atoms with Gasteiger partial charge in [-0.05, 0) is 42.0 Å². The Bertz CT molecular complexity index is 1370. The molecule has 0 aliphatic heterocycles. The number of benzene rings is 4. The second-order valence-electron chi connectivity index (χ2n) is 7.65. The van der Waals surface area contributed by atoms with Crippen molar-refractivity contribution in [2.75, 3.05) is 28.5 Å². The molecule has 0 bridgehead atoms. The summed E-state index contributed by atoms with van der Waals surface area (Å²) in [6.45, 7) is -0.0127. The van der Waals surface area contributed by atoms with Gasteiger partial charge in [0.15, 0.2) is 0 Å². The molecule has 0 saturated carbocycles. The van der Waals surface area contributed by atoms with Gasteiger partial charge in [0.05, 0.1) is 17.1 Å². The maximum atomic E-state index is 13.1. The molecule has 0 heterocycles.